The number of nitrogens with one attached hydrogen (secondary N) is 1. The Balaban J connectivity index is 2.18. The maximum Gasteiger partial charge on any atom is 0.491 e. The summed E-state index contributed by atoms with van der Waals surface area (Å²) in [5, 5.41) is 2.58. The van der Waals surface area contributed by atoms with E-state index >= 15 is 0 Å². The molecule has 0 saturated carbocycles. The van der Waals surface area contributed by atoms with E-state index in [1.54, 1.807) is 0 Å². The van der Waals surface area contributed by atoms with Crippen molar-refractivity contribution < 1.29 is 36.6 Å². The van der Waals surface area contributed by atoms with Crippen molar-refractivity contribution in [1.82, 2.24) is 10.2 Å². The predicted octanol–water partition coefficient (Wildman–Crippen LogP) is 2.16. The van der Waals surface area contributed by atoms with E-state index in [4.69, 9.17) is 4.74 Å². The molecule has 1 unspecified atom stereocenters. The number of ether oxygens (including phenoxy) is 2. The van der Waals surface area contributed by atoms with Gasteiger partial charge in [-0.3, -0.25) is 4.79 Å². The third-order valence-corrected chi connectivity index (χ3v) is 3.78. The summed E-state index contributed by atoms with van der Waals surface area (Å²) >= 11 is 0. The second-order valence-corrected chi connectivity index (χ2v) is 5.47. The van der Waals surface area contributed by atoms with Gasteiger partial charge in [-0.25, -0.2) is 9.18 Å². The Kier molecular flexibility index (Phi) is 5.73. The number of rotatable bonds is 5. The van der Waals surface area contributed by atoms with Crippen molar-refractivity contribution in [3.8, 4) is 5.75 Å². The third kappa shape index (κ3) is 4.24. The van der Waals surface area contributed by atoms with E-state index in [9.17, 15) is 27.2 Å². The lowest BCUT2D eigenvalue weighted by atomic mass is 9.98. The normalized spacial score (nSPS) is 17.6. The third-order valence-electron chi connectivity index (χ3n) is 3.78. The topological polar surface area (TPSA) is 67.9 Å². The van der Waals surface area contributed by atoms with E-state index in [0.717, 1.165) is 4.90 Å². The van der Waals surface area contributed by atoms with Gasteiger partial charge in [0.15, 0.2) is 6.23 Å². The second-order valence-electron chi connectivity index (χ2n) is 5.47. The van der Waals surface area contributed by atoms with Crippen LogP contribution in [-0.4, -0.2) is 49.9 Å². The zero-order chi connectivity index (χ0) is 19.5. The van der Waals surface area contributed by atoms with Crippen LogP contribution < -0.4 is 10.1 Å². The fourth-order valence-corrected chi connectivity index (χ4v) is 2.31. The van der Waals surface area contributed by atoms with Gasteiger partial charge in [0.1, 0.15) is 18.7 Å². The molecule has 1 heterocycles. The molecule has 0 aromatic heterocycles. The van der Waals surface area contributed by atoms with E-state index < -0.39 is 24.3 Å². The van der Waals surface area contributed by atoms with Crippen LogP contribution in [-0.2, 0) is 16.0 Å². The first kappa shape index (κ1) is 19.5. The summed E-state index contributed by atoms with van der Waals surface area (Å²) in [7, 11) is 2.75. The molecule has 0 spiro atoms. The number of amides is 1. The molecule has 1 N–H and O–H groups in total. The lowest BCUT2D eigenvalue weighted by Gasteiger charge is -2.33. The summed E-state index contributed by atoms with van der Waals surface area (Å²) in [6.07, 6.45) is -6.34. The van der Waals surface area contributed by atoms with E-state index in [0.29, 0.717) is 11.9 Å². The predicted molar refractivity (Wildman–Crippen MR) is 81.9 cm³/mol. The molecular formula is C16H16F4N2O4. The minimum Gasteiger partial charge on any atom is -0.487 e. The Labute approximate surface area is 146 Å². The van der Waals surface area contributed by atoms with Gasteiger partial charge in [0, 0.05) is 26.1 Å². The lowest BCUT2D eigenvalue weighted by Crippen LogP contribution is -2.47. The maximum absolute atomic E-state index is 12.5. The Hall–Kier alpha value is -2.78. The SMILES string of the molecule is CN/C(=C/F)COc1ccc2c(c1)CC(OC(=O)C(F)(F)F)N(C)C2=O. The van der Waals surface area contributed by atoms with Crippen LogP contribution in [0, 0.1) is 0 Å². The highest BCUT2D eigenvalue weighted by atomic mass is 19.4. The van der Waals surface area contributed by atoms with Crippen LogP contribution in [0.1, 0.15) is 15.9 Å². The lowest BCUT2D eigenvalue weighted by molar-refractivity contribution is -0.210. The molecule has 0 aliphatic carbocycles. The van der Waals surface area contributed by atoms with E-state index in [1.807, 2.05) is 0 Å². The number of benzene rings is 1. The summed E-state index contributed by atoms with van der Waals surface area (Å²) in [5.74, 6) is -2.67. The Bertz CT molecular complexity index is 733. The van der Waals surface area contributed by atoms with Crippen molar-refractivity contribution in [2.75, 3.05) is 20.7 Å². The average Bonchev–Trinajstić information content (AvgIpc) is 2.59. The molecule has 26 heavy (non-hydrogen) atoms. The minimum atomic E-state index is -5.16. The number of fused-ring (bicyclic) bond motifs is 1. The molecule has 0 bridgehead atoms. The quantitative estimate of drug-likeness (QED) is 0.630. The number of alkyl halides is 3. The van der Waals surface area contributed by atoms with Crippen LogP contribution in [0.5, 0.6) is 5.75 Å². The monoisotopic (exact) mass is 376 g/mol. The maximum atomic E-state index is 12.5. The highest BCUT2D eigenvalue weighted by Crippen LogP contribution is 2.28. The summed E-state index contributed by atoms with van der Waals surface area (Å²) in [5.41, 5.74) is 0.797. The number of carbonyl (C=O) groups excluding carboxylic acids is 2. The van der Waals surface area contributed by atoms with Gasteiger partial charge in [-0.2, -0.15) is 13.2 Å². The molecule has 0 radical (unpaired) electrons. The Morgan fingerprint density at radius 1 is 1.42 bits per heavy atom. The van der Waals surface area contributed by atoms with Gasteiger partial charge in [-0.05, 0) is 23.8 Å². The van der Waals surface area contributed by atoms with Crippen LogP contribution in [0.3, 0.4) is 0 Å². The number of likely N-dealkylation sites (N-methyl/N-ethyl adjacent to an activating group) is 2. The van der Waals surface area contributed by atoms with Gasteiger partial charge in [-0.15, -0.1) is 0 Å². The van der Waals surface area contributed by atoms with Crippen molar-refractivity contribution in [2.24, 2.45) is 0 Å². The van der Waals surface area contributed by atoms with Gasteiger partial charge < -0.3 is 19.7 Å². The first-order valence-electron chi connectivity index (χ1n) is 7.45. The minimum absolute atomic E-state index is 0.105. The van der Waals surface area contributed by atoms with E-state index in [2.05, 4.69) is 10.1 Å². The largest absolute Gasteiger partial charge is 0.491 e. The highest BCUT2D eigenvalue weighted by molar-refractivity contribution is 5.97. The average molecular weight is 376 g/mol. The van der Waals surface area contributed by atoms with Crippen molar-refractivity contribution >= 4 is 11.9 Å². The van der Waals surface area contributed by atoms with Gasteiger partial charge in [0.25, 0.3) is 5.91 Å². The first-order chi connectivity index (χ1) is 12.2. The molecule has 1 aliphatic rings. The summed E-state index contributed by atoms with van der Waals surface area (Å²) < 4.78 is 59.4. The van der Waals surface area contributed by atoms with Crippen molar-refractivity contribution in [1.29, 1.82) is 0 Å². The number of carbonyl (C=O) groups is 2. The van der Waals surface area contributed by atoms with Crippen LogP contribution >= 0.6 is 0 Å². The van der Waals surface area contributed by atoms with Gasteiger partial charge >= 0.3 is 12.1 Å². The molecule has 6 nitrogen and oxygen atoms in total. The number of nitrogens with zero attached hydrogens (tertiary/aromatic N) is 1. The summed E-state index contributed by atoms with van der Waals surface area (Å²) in [4.78, 5) is 24.2. The van der Waals surface area contributed by atoms with E-state index in [-0.39, 0.29) is 30.0 Å². The number of hydrogen-bond acceptors (Lipinski definition) is 5. The number of esters is 1. The van der Waals surface area contributed by atoms with Crippen molar-refractivity contribution in [2.45, 2.75) is 18.8 Å². The highest BCUT2D eigenvalue weighted by Gasteiger charge is 2.44. The number of halogens is 4. The van der Waals surface area contributed by atoms with Crippen LogP contribution in [0.4, 0.5) is 17.6 Å². The van der Waals surface area contributed by atoms with E-state index in [1.165, 1.54) is 32.3 Å². The molecule has 142 valence electrons. The summed E-state index contributed by atoms with van der Waals surface area (Å²) in [6.45, 7) is -0.105. The second kappa shape index (κ2) is 7.63. The Morgan fingerprint density at radius 2 is 2.12 bits per heavy atom. The molecule has 2 rings (SSSR count). The fraction of sp³-hybridized carbons (Fsp3) is 0.375. The van der Waals surface area contributed by atoms with Crippen LogP contribution in [0.2, 0.25) is 0 Å². The molecule has 0 saturated heterocycles. The molecule has 1 atom stereocenters. The Morgan fingerprint density at radius 3 is 2.69 bits per heavy atom. The van der Waals surface area contributed by atoms with Crippen LogP contribution in [0.15, 0.2) is 30.2 Å². The van der Waals surface area contributed by atoms with Crippen molar-refractivity contribution in [3.63, 3.8) is 0 Å². The molecule has 1 aliphatic heterocycles. The molecule has 1 amide bonds. The molecule has 0 fully saturated rings. The zero-order valence-corrected chi connectivity index (χ0v) is 13.9. The van der Waals surface area contributed by atoms with Crippen LogP contribution in [0.25, 0.3) is 0 Å². The molecule has 1 aromatic rings. The number of hydrogen-bond donors (Lipinski definition) is 1. The smallest absolute Gasteiger partial charge is 0.487 e. The zero-order valence-electron chi connectivity index (χ0n) is 13.9. The molecule has 1 aromatic carbocycles. The fourth-order valence-electron chi connectivity index (χ4n) is 2.31. The van der Waals surface area contributed by atoms with Gasteiger partial charge in [0.2, 0.25) is 0 Å². The molecular weight excluding hydrogens is 360 g/mol. The van der Waals surface area contributed by atoms with Crippen molar-refractivity contribution in [3.05, 3.63) is 41.4 Å². The standard InChI is InChI=1S/C16H16F4N2O4/c1-21-10(7-17)8-25-11-3-4-12-9(5-11)6-13(22(2)14(12)23)26-15(24)16(18,19)20/h3-5,7,13,21H,6,8H2,1-2H3/b10-7+. The van der Waals surface area contributed by atoms with Gasteiger partial charge in [-0.1, -0.05) is 0 Å². The molecule has 10 heteroatoms. The van der Waals surface area contributed by atoms with Gasteiger partial charge in [0.05, 0.1) is 5.70 Å². The first-order valence-corrected chi connectivity index (χ1v) is 7.45. The summed E-state index contributed by atoms with van der Waals surface area (Å²) in [6, 6.07) is 4.38.